The molecule has 0 aromatic heterocycles. The maximum absolute atomic E-state index is 6.39. The first-order valence-corrected chi connectivity index (χ1v) is 13.0. The van der Waals surface area contributed by atoms with Crippen molar-refractivity contribution in [1.82, 2.24) is 0 Å². The Morgan fingerprint density at radius 3 is 2.29 bits per heavy atom. The normalized spacial score (nSPS) is 49.4. The minimum absolute atomic E-state index is 0.492. The van der Waals surface area contributed by atoms with Gasteiger partial charge in [0, 0.05) is 6.04 Å². The summed E-state index contributed by atoms with van der Waals surface area (Å²) < 4.78 is 0. The van der Waals surface area contributed by atoms with E-state index in [-0.39, 0.29) is 0 Å². The first-order valence-electron chi connectivity index (χ1n) is 13.0. The van der Waals surface area contributed by atoms with Gasteiger partial charge < -0.3 is 5.73 Å². The van der Waals surface area contributed by atoms with Gasteiger partial charge >= 0.3 is 0 Å². The molecule has 162 valence electrons. The molecule has 4 aliphatic rings. The summed E-state index contributed by atoms with van der Waals surface area (Å²) in [6.45, 7) is 12.8. The van der Waals surface area contributed by atoms with Crippen molar-refractivity contribution in [1.29, 1.82) is 0 Å². The Morgan fingerprint density at radius 2 is 1.54 bits per heavy atom. The third kappa shape index (κ3) is 3.50. The summed E-state index contributed by atoms with van der Waals surface area (Å²) in [4.78, 5) is 0. The van der Waals surface area contributed by atoms with E-state index in [2.05, 4.69) is 34.6 Å². The van der Waals surface area contributed by atoms with Crippen molar-refractivity contribution in [3.63, 3.8) is 0 Å². The highest BCUT2D eigenvalue weighted by atomic mass is 14.7. The molecular formula is C27H49N. The van der Waals surface area contributed by atoms with E-state index >= 15 is 0 Å². The molecule has 1 nitrogen and oxygen atoms in total. The molecule has 0 amide bonds. The average molecular weight is 388 g/mol. The molecule has 9 atom stereocenters. The molecule has 0 radical (unpaired) electrons. The first-order chi connectivity index (χ1) is 13.3. The molecule has 0 heterocycles. The summed E-state index contributed by atoms with van der Waals surface area (Å²) >= 11 is 0. The van der Waals surface area contributed by atoms with Crippen LogP contribution in [0.5, 0.6) is 0 Å². The average Bonchev–Trinajstić information content (AvgIpc) is 2.99. The lowest BCUT2D eigenvalue weighted by molar-refractivity contribution is -0.116. The summed E-state index contributed by atoms with van der Waals surface area (Å²) in [5, 5.41) is 0. The van der Waals surface area contributed by atoms with Crippen LogP contribution in [0, 0.1) is 52.3 Å². The second-order valence-electron chi connectivity index (χ2n) is 12.7. The Hall–Kier alpha value is -0.0400. The lowest BCUT2D eigenvalue weighted by atomic mass is 9.44. The van der Waals surface area contributed by atoms with Crippen LogP contribution < -0.4 is 5.73 Å². The van der Waals surface area contributed by atoms with Crippen LogP contribution >= 0.6 is 0 Å². The molecule has 2 N–H and O–H groups in total. The van der Waals surface area contributed by atoms with Gasteiger partial charge in [0.2, 0.25) is 0 Å². The van der Waals surface area contributed by atoms with Crippen molar-refractivity contribution in [2.75, 3.05) is 0 Å². The highest BCUT2D eigenvalue weighted by molar-refractivity contribution is 5.09. The van der Waals surface area contributed by atoms with E-state index in [4.69, 9.17) is 5.73 Å². The van der Waals surface area contributed by atoms with Crippen LogP contribution in [0.4, 0.5) is 0 Å². The zero-order chi connectivity index (χ0) is 20.1. The largest absolute Gasteiger partial charge is 0.328 e. The van der Waals surface area contributed by atoms with Crippen LogP contribution in [0.15, 0.2) is 0 Å². The topological polar surface area (TPSA) is 26.0 Å². The van der Waals surface area contributed by atoms with Crippen LogP contribution in [-0.4, -0.2) is 6.04 Å². The number of hydrogen-bond acceptors (Lipinski definition) is 1. The van der Waals surface area contributed by atoms with Gasteiger partial charge in [-0.1, -0.05) is 53.9 Å². The maximum atomic E-state index is 6.39. The highest BCUT2D eigenvalue weighted by Gasteiger charge is 2.60. The van der Waals surface area contributed by atoms with E-state index in [0.29, 0.717) is 16.9 Å². The fraction of sp³-hybridized carbons (Fsp3) is 1.00. The fourth-order valence-corrected chi connectivity index (χ4v) is 9.32. The third-order valence-electron chi connectivity index (χ3n) is 10.9. The number of hydrogen-bond donors (Lipinski definition) is 1. The quantitative estimate of drug-likeness (QED) is 0.521. The number of fused-ring (bicyclic) bond motifs is 5. The summed E-state index contributed by atoms with van der Waals surface area (Å²) in [5.74, 6) is 6.79. The molecule has 0 bridgehead atoms. The fourth-order valence-electron chi connectivity index (χ4n) is 9.32. The van der Waals surface area contributed by atoms with Crippen LogP contribution in [0.25, 0.3) is 0 Å². The Kier molecular flexibility index (Phi) is 5.98. The van der Waals surface area contributed by atoms with E-state index in [1.165, 1.54) is 77.0 Å². The minimum atomic E-state index is 0.492. The molecule has 0 spiro atoms. The van der Waals surface area contributed by atoms with Crippen molar-refractivity contribution in [3.05, 3.63) is 0 Å². The van der Waals surface area contributed by atoms with E-state index in [1.807, 2.05) is 0 Å². The molecule has 2 unspecified atom stereocenters. The van der Waals surface area contributed by atoms with E-state index < -0.39 is 0 Å². The Morgan fingerprint density at radius 1 is 0.821 bits per heavy atom. The predicted octanol–water partition coefficient (Wildman–Crippen LogP) is 7.44. The highest BCUT2D eigenvalue weighted by Crippen LogP contribution is 2.68. The number of nitrogens with two attached hydrogens (primary N) is 1. The Labute approximate surface area is 176 Å². The zero-order valence-electron chi connectivity index (χ0n) is 19.7. The van der Waals surface area contributed by atoms with Crippen molar-refractivity contribution in [2.45, 2.75) is 118 Å². The van der Waals surface area contributed by atoms with Gasteiger partial charge in [0.25, 0.3) is 0 Å². The molecule has 0 aromatic carbocycles. The van der Waals surface area contributed by atoms with E-state index in [9.17, 15) is 0 Å². The summed E-state index contributed by atoms with van der Waals surface area (Å²) in [7, 11) is 0. The van der Waals surface area contributed by atoms with E-state index in [0.717, 1.165) is 41.4 Å². The van der Waals surface area contributed by atoms with Gasteiger partial charge in [-0.2, -0.15) is 0 Å². The van der Waals surface area contributed by atoms with Gasteiger partial charge in [0.1, 0.15) is 0 Å². The van der Waals surface area contributed by atoms with Gasteiger partial charge in [-0.05, 0) is 110 Å². The van der Waals surface area contributed by atoms with Gasteiger partial charge in [-0.3, -0.25) is 0 Å². The van der Waals surface area contributed by atoms with Crippen LogP contribution in [-0.2, 0) is 0 Å². The molecule has 4 saturated carbocycles. The van der Waals surface area contributed by atoms with Gasteiger partial charge in [0.05, 0.1) is 0 Å². The predicted molar refractivity (Wildman–Crippen MR) is 121 cm³/mol. The van der Waals surface area contributed by atoms with Crippen molar-refractivity contribution in [2.24, 2.45) is 58.0 Å². The maximum Gasteiger partial charge on any atom is 0.00418 e. The number of rotatable bonds is 5. The third-order valence-corrected chi connectivity index (χ3v) is 10.9. The molecule has 4 rings (SSSR count). The standard InChI is InChI=1S/C27H49N/c1-18(2)7-6-8-19(3)23-11-12-24-22-10-9-20-17-21(28)13-15-26(20,4)25(22)14-16-27(23,24)5/h18-25H,6-17,28H2,1-5H3/t19-,20?,21-,22+,23?,24+,25+,26+,27-/m1/s1. The monoisotopic (exact) mass is 387 g/mol. The molecule has 28 heavy (non-hydrogen) atoms. The Balaban J connectivity index is 1.46. The van der Waals surface area contributed by atoms with Gasteiger partial charge in [0.15, 0.2) is 0 Å². The molecule has 1 heteroatoms. The minimum Gasteiger partial charge on any atom is -0.328 e. The van der Waals surface area contributed by atoms with Crippen LogP contribution in [0.2, 0.25) is 0 Å². The van der Waals surface area contributed by atoms with Gasteiger partial charge in [-0.25, -0.2) is 0 Å². The lowest BCUT2D eigenvalue weighted by Gasteiger charge is -2.61. The smallest absolute Gasteiger partial charge is 0.00418 e. The van der Waals surface area contributed by atoms with E-state index in [1.54, 1.807) is 0 Å². The van der Waals surface area contributed by atoms with Crippen molar-refractivity contribution >= 4 is 0 Å². The first kappa shape index (κ1) is 21.2. The second kappa shape index (κ2) is 7.90. The molecular weight excluding hydrogens is 338 g/mol. The van der Waals surface area contributed by atoms with Gasteiger partial charge in [-0.15, -0.1) is 0 Å². The second-order valence-corrected chi connectivity index (χ2v) is 12.7. The van der Waals surface area contributed by atoms with Crippen molar-refractivity contribution < 1.29 is 0 Å². The van der Waals surface area contributed by atoms with Crippen LogP contribution in [0.1, 0.15) is 112 Å². The van der Waals surface area contributed by atoms with Crippen LogP contribution in [0.3, 0.4) is 0 Å². The lowest BCUT2D eigenvalue weighted by Crippen LogP contribution is -2.54. The molecule has 0 aliphatic heterocycles. The molecule has 0 saturated heterocycles. The van der Waals surface area contributed by atoms with Crippen molar-refractivity contribution in [3.8, 4) is 0 Å². The molecule has 4 aliphatic carbocycles. The SMILES string of the molecule is CC(C)CCC[C@@H](C)C1CC[C@H]2[C@@H]3CCC4C[C@H](N)CC[C@]4(C)[C@H]3CC[C@]12C. The summed E-state index contributed by atoms with van der Waals surface area (Å²) in [6.07, 6.45) is 17.5. The Bertz CT molecular complexity index is 540. The molecule has 4 fully saturated rings. The summed E-state index contributed by atoms with van der Waals surface area (Å²) in [5.41, 5.74) is 7.64. The summed E-state index contributed by atoms with van der Waals surface area (Å²) in [6, 6.07) is 0.492. The zero-order valence-corrected chi connectivity index (χ0v) is 19.7. The molecule has 0 aromatic rings.